The minimum absolute atomic E-state index is 0.0740. The second kappa shape index (κ2) is 7.40. The number of carbonyl (C=O) groups is 1. The Labute approximate surface area is 174 Å². The van der Waals surface area contributed by atoms with Crippen LogP contribution >= 0.6 is 0 Å². The first-order valence-corrected chi connectivity index (χ1v) is 9.68. The molecule has 0 aliphatic carbocycles. The van der Waals surface area contributed by atoms with Crippen LogP contribution in [0.3, 0.4) is 0 Å². The molecule has 2 heterocycles. The molecule has 0 unspecified atom stereocenters. The van der Waals surface area contributed by atoms with E-state index in [1.54, 1.807) is 18.2 Å². The zero-order chi connectivity index (χ0) is 20.5. The Morgan fingerprint density at radius 3 is 2.53 bits per heavy atom. The topological polar surface area (TPSA) is 59.4 Å². The molecule has 5 rings (SSSR count). The van der Waals surface area contributed by atoms with Gasteiger partial charge in [0.2, 0.25) is 0 Å². The summed E-state index contributed by atoms with van der Waals surface area (Å²) in [4.78, 5) is 15.2. The highest BCUT2D eigenvalue weighted by Crippen LogP contribution is 2.37. The SMILES string of the molecule is COc1cccc(N2C(=O)c3ccccc3N[C@@H]2c2cnn(-c3ccccc3)c2)c1. The van der Waals surface area contributed by atoms with E-state index in [4.69, 9.17) is 4.74 Å². The van der Waals surface area contributed by atoms with E-state index in [9.17, 15) is 4.79 Å². The molecule has 30 heavy (non-hydrogen) atoms. The van der Waals surface area contributed by atoms with E-state index >= 15 is 0 Å². The lowest BCUT2D eigenvalue weighted by Crippen LogP contribution is -2.43. The average molecular weight is 396 g/mol. The Morgan fingerprint density at radius 2 is 1.70 bits per heavy atom. The summed E-state index contributed by atoms with van der Waals surface area (Å²) in [7, 11) is 1.62. The molecule has 0 saturated carbocycles. The monoisotopic (exact) mass is 396 g/mol. The normalized spacial score (nSPS) is 15.4. The van der Waals surface area contributed by atoms with Gasteiger partial charge in [-0.25, -0.2) is 4.68 Å². The van der Waals surface area contributed by atoms with Gasteiger partial charge in [0.1, 0.15) is 11.9 Å². The highest BCUT2D eigenvalue weighted by Gasteiger charge is 2.34. The number of ether oxygens (including phenoxy) is 1. The largest absolute Gasteiger partial charge is 0.497 e. The fourth-order valence-electron chi connectivity index (χ4n) is 3.71. The van der Waals surface area contributed by atoms with Crippen LogP contribution in [0.25, 0.3) is 5.69 Å². The number of amides is 1. The summed E-state index contributed by atoms with van der Waals surface area (Å²) >= 11 is 0. The molecule has 1 amide bonds. The standard InChI is InChI=1S/C24H20N4O2/c1-30-20-11-7-10-19(14-20)28-23(26-22-13-6-5-12-21(22)24(28)29)17-15-25-27(16-17)18-8-3-2-4-9-18/h2-16,23,26H,1H3/t23-/m0/s1. The van der Waals surface area contributed by atoms with Crippen LogP contribution in [-0.4, -0.2) is 22.8 Å². The highest BCUT2D eigenvalue weighted by molar-refractivity contribution is 6.12. The van der Waals surface area contributed by atoms with Gasteiger partial charge in [-0.15, -0.1) is 0 Å². The van der Waals surface area contributed by atoms with Crippen molar-refractivity contribution in [2.45, 2.75) is 6.17 Å². The van der Waals surface area contributed by atoms with Crippen LogP contribution in [0.15, 0.2) is 91.3 Å². The summed E-state index contributed by atoms with van der Waals surface area (Å²) in [6.07, 6.45) is 3.33. The number of methoxy groups -OCH3 is 1. The predicted molar refractivity (Wildman–Crippen MR) is 116 cm³/mol. The minimum Gasteiger partial charge on any atom is -0.497 e. The average Bonchev–Trinajstić information content (AvgIpc) is 3.30. The van der Waals surface area contributed by atoms with E-state index in [0.717, 1.165) is 22.6 Å². The number of hydrogen-bond donors (Lipinski definition) is 1. The fraction of sp³-hybridized carbons (Fsp3) is 0.0833. The molecule has 3 aromatic carbocycles. The molecular formula is C24H20N4O2. The van der Waals surface area contributed by atoms with Crippen molar-refractivity contribution in [3.05, 3.63) is 102 Å². The molecule has 0 saturated heterocycles. The Kier molecular flexibility index (Phi) is 4.44. The number of nitrogens with zero attached hydrogens (tertiary/aromatic N) is 3. The van der Waals surface area contributed by atoms with Crippen LogP contribution in [-0.2, 0) is 0 Å². The number of anilines is 2. The van der Waals surface area contributed by atoms with Gasteiger partial charge in [-0.05, 0) is 36.4 Å². The number of fused-ring (bicyclic) bond motifs is 1. The van der Waals surface area contributed by atoms with Crippen molar-refractivity contribution in [3.8, 4) is 11.4 Å². The maximum Gasteiger partial charge on any atom is 0.262 e. The molecule has 1 aliphatic rings. The van der Waals surface area contributed by atoms with Gasteiger partial charge in [0.05, 0.1) is 30.2 Å². The molecule has 1 N–H and O–H groups in total. The Balaban J connectivity index is 1.61. The van der Waals surface area contributed by atoms with Gasteiger partial charge in [-0.3, -0.25) is 9.69 Å². The predicted octanol–water partition coefficient (Wildman–Crippen LogP) is 4.65. The maximum absolute atomic E-state index is 13.5. The Bertz CT molecular complexity index is 1200. The number of hydrogen-bond acceptors (Lipinski definition) is 4. The van der Waals surface area contributed by atoms with Gasteiger partial charge >= 0.3 is 0 Å². The van der Waals surface area contributed by atoms with Gasteiger partial charge in [-0.2, -0.15) is 5.10 Å². The number of rotatable bonds is 4. The lowest BCUT2D eigenvalue weighted by Gasteiger charge is -2.37. The van der Waals surface area contributed by atoms with E-state index in [1.807, 2.05) is 89.7 Å². The summed E-state index contributed by atoms with van der Waals surface area (Å²) in [5.41, 5.74) is 4.02. The lowest BCUT2D eigenvalue weighted by atomic mass is 10.0. The summed E-state index contributed by atoms with van der Waals surface area (Å²) in [5.74, 6) is 0.618. The third-order valence-electron chi connectivity index (χ3n) is 5.20. The van der Waals surface area contributed by atoms with Crippen molar-refractivity contribution >= 4 is 17.3 Å². The molecular weight excluding hydrogens is 376 g/mol. The molecule has 6 nitrogen and oxygen atoms in total. The van der Waals surface area contributed by atoms with E-state index in [1.165, 1.54) is 0 Å². The Morgan fingerprint density at radius 1 is 0.933 bits per heavy atom. The van der Waals surface area contributed by atoms with Crippen molar-refractivity contribution < 1.29 is 9.53 Å². The maximum atomic E-state index is 13.5. The molecule has 1 atom stereocenters. The zero-order valence-electron chi connectivity index (χ0n) is 16.4. The van der Waals surface area contributed by atoms with Crippen LogP contribution in [0.2, 0.25) is 0 Å². The fourth-order valence-corrected chi connectivity index (χ4v) is 3.71. The van der Waals surface area contributed by atoms with E-state index in [-0.39, 0.29) is 5.91 Å². The van der Waals surface area contributed by atoms with Crippen molar-refractivity contribution in [2.24, 2.45) is 0 Å². The first-order valence-electron chi connectivity index (χ1n) is 9.68. The van der Waals surface area contributed by atoms with Gasteiger partial charge < -0.3 is 10.1 Å². The molecule has 0 bridgehead atoms. The summed E-state index contributed by atoms with van der Waals surface area (Å²) in [6, 6.07) is 25.0. The van der Waals surface area contributed by atoms with Crippen LogP contribution in [0.5, 0.6) is 5.75 Å². The van der Waals surface area contributed by atoms with E-state index in [0.29, 0.717) is 11.3 Å². The van der Waals surface area contributed by atoms with Gasteiger partial charge in [0, 0.05) is 23.5 Å². The van der Waals surface area contributed by atoms with Crippen molar-refractivity contribution in [2.75, 3.05) is 17.3 Å². The van der Waals surface area contributed by atoms with E-state index < -0.39 is 6.17 Å². The number of benzene rings is 3. The Hall–Kier alpha value is -4.06. The third kappa shape index (κ3) is 3.08. The van der Waals surface area contributed by atoms with Crippen molar-refractivity contribution in [1.82, 2.24) is 9.78 Å². The van der Waals surface area contributed by atoms with E-state index in [2.05, 4.69) is 10.4 Å². The summed E-state index contributed by atoms with van der Waals surface area (Å²) < 4.78 is 7.19. The van der Waals surface area contributed by atoms with Crippen molar-refractivity contribution in [1.29, 1.82) is 0 Å². The lowest BCUT2D eigenvalue weighted by molar-refractivity contribution is 0.0975. The molecule has 0 spiro atoms. The second-order valence-electron chi connectivity index (χ2n) is 7.02. The van der Waals surface area contributed by atoms with Crippen LogP contribution in [0.1, 0.15) is 22.1 Å². The zero-order valence-corrected chi connectivity index (χ0v) is 16.4. The molecule has 0 radical (unpaired) electrons. The molecule has 4 aromatic rings. The number of aromatic nitrogens is 2. The first kappa shape index (κ1) is 18.0. The highest BCUT2D eigenvalue weighted by atomic mass is 16.5. The summed E-state index contributed by atoms with van der Waals surface area (Å²) in [6.45, 7) is 0. The second-order valence-corrected chi connectivity index (χ2v) is 7.02. The quantitative estimate of drug-likeness (QED) is 0.545. The molecule has 1 aliphatic heterocycles. The van der Waals surface area contributed by atoms with Gasteiger partial charge in [0.15, 0.2) is 0 Å². The smallest absolute Gasteiger partial charge is 0.262 e. The molecule has 0 fully saturated rings. The van der Waals surface area contributed by atoms with Crippen LogP contribution in [0, 0.1) is 0 Å². The molecule has 1 aromatic heterocycles. The number of carbonyl (C=O) groups excluding carboxylic acids is 1. The van der Waals surface area contributed by atoms with Gasteiger partial charge in [-0.1, -0.05) is 36.4 Å². The minimum atomic E-state index is -0.406. The first-order chi connectivity index (χ1) is 14.7. The van der Waals surface area contributed by atoms with Crippen LogP contribution < -0.4 is 15.0 Å². The third-order valence-corrected chi connectivity index (χ3v) is 5.20. The number of nitrogens with one attached hydrogen (secondary N) is 1. The summed E-state index contributed by atoms with van der Waals surface area (Å²) in [5, 5.41) is 8.02. The molecule has 148 valence electrons. The number of para-hydroxylation sites is 2. The molecule has 6 heteroatoms. The van der Waals surface area contributed by atoms with Gasteiger partial charge in [0.25, 0.3) is 5.91 Å². The van der Waals surface area contributed by atoms with Crippen molar-refractivity contribution in [3.63, 3.8) is 0 Å². The van der Waals surface area contributed by atoms with Crippen LogP contribution in [0.4, 0.5) is 11.4 Å².